The van der Waals surface area contributed by atoms with E-state index in [0.717, 1.165) is 11.1 Å². The Balaban J connectivity index is 0.000000421. The summed E-state index contributed by atoms with van der Waals surface area (Å²) in [6.45, 7) is 0.878. The number of hydrogen-bond donors (Lipinski definition) is 0. The molecule has 1 heterocycles. The third kappa shape index (κ3) is 13.0. The molecule has 0 saturated carbocycles. The number of rotatable bonds is 6. The summed E-state index contributed by atoms with van der Waals surface area (Å²) in [6, 6.07) is 14.4. The minimum absolute atomic E-state index is 0.691. The molecule has 0 atom stereocenters. The highest BCUT2D eigenvalue weighted by Crippen LogP contribution is 2.41. The Kier molecular flexibility index (Phi) is 15.4. The van der Waals surface area contributed by atoms with Gasteiger partial charge in [-0.25, -0.2) is 0 Å². The number of fused-ring (bicyclic) bond motifs is 1. The summed E-state index contributed by atoms with van der Waals surface area (Å²) in [7, 11) is 0. The summed E-state index contributed by atoms with van der Waals surface area (Å²) in [5.74, 6) is 0. The smallest absolute Gasteiger partial charge is 0.194 e. The molecule has 7 aromatic rings. The zero-order valence-electron chi connectivity index (χ0n) is 36.5. The van der Waals surface area contributed by atoms with E-state index < -0.39 is 195 Å². The first-order valence-corrected chi connectivity index (χ1v) is 21.4. The van der Waals surface area contributed by atoms with Crippen molar-refractivity contribution in [1.29, 1.82) is 0 Å². The number of pyridine rings is 1. The standard InChI is InChI=1S/C32H12BF24.C16H13BrN/c34-25(35,36)13-1-14(26(37,38)39)6-21(5-13)33(22-7-15(27(40,41)42)2-16(8-22)28(43,44)45,23-9-17(29(46,47)48)3-18(10-23)30(49,50)51)24-11-19(31(52,53)54)4-20(12-24)32(55,56)57;17-16-11-10-14-8-4-5-9-15(14)18(16)12-13-6-2-1-3-7-13/h1-12H;1-11H,12H2/q-1;+1. The monoisotopic (exact) mass is 1160 g/mol. The van der Waals surface area contributed by atoms with Crippen LogP contribution in [-0.4, -0.2) is 6.15 Å². The lowest BCUT2D eigenvalue weighted by Crippen LogP contribution is -2.75. The molecule has 7 rings (SSSR count). The quantitative estimate of drug-likeness (QED) is 0.0676. The number of hydrogen-bond acceptors (Lipinski definition) is 0. The van der Waals surface area contributed by atoms with Gasteiger partial charge in [0, 0.05) is 39.0 Å². The Morgan fingerprint density at radius 1 is 0.307 bits per heavy atom. The van der Waals surface area contributed by atoms with Gasteiger partial charge in [0.05, 0.1) is 44.5 Å². The summed E-state index contributed by atoms with van der Waals surface area (Å²) < 4.78 is 344. The lowest BCUT2D eigenvalue weighted by Gasteiger charge is -2.46. The van der Waals surface area contributed by atoms with E-state index in [9.17, 15) is 105 Å². The van der Waals surface area contributed by atoms with Gasteiger partial charge in [-0.1, -0.05) is 91.0 Å². The van der Waals surface area contributed by atoms with Crippen molar-refractivity contribution in [2.24, 2.45) is 0 Å². The average molecular weight is 1160 g/mol. The van der Waals surface area contributed by atoms with Crippen molar-refractivity contribution in [3.05, 3.63) is 194 Å². The SMILES string of the molecule is Brc1ccc2ccccc2[n+]1Cc1ccccc1.FC(F)(F)c1cc([B-](c2cc(C(F)(F)F)cc(C(F)(F)F)c2)(c2cc(C(F)(F)F)cc(C(F)(F)F)c2)c2cc(C(F)(F)F)cc(C(F)(F)F)c2)cc(C(F)(F)F)c1. The van der Waals surface area contributed by atoms with Crippen LogP contribution < -0.4 is 26.4 Å². The first-order valence-electron chi connectivity index (χ1n) is 20.6. The predicted octanol–water partition coefficient (Wildman–Crippen LogP) is 15.2. The van der Waals surface area contributed by atoms with Crippen molar-refractivity contribution < 1.29 is 110 Å². The van der Waals surface area contributed by atoms with E-state index in [0.29, 0.717) is 0 Å². The fourth-order valence-corrected chi connectivity index (χ4v) is 8.68. The van der Waals surface area contributed by atoms with Gasteiger partial charge in [-0.15, -0.1) is 0 Å². The Morgan fingerprint density at radius 3 is 0.827 bits per heavy atom. The molecule has 0 saturated heterocycles. The maximum atomic E-state index is 14.2. The molecule has 400 valence electrons. The fourth-order valence-electron chi connectivity index (χ4n) is 8.24. The topological polar surface area (TPSA) is 3.88 Å². The molecular formula is C48H25BBrF24N. The fraction of sp³-hybridized carbons (Fsp3) is 0.188. The second kappa shape index (κ2) is 19.9. The van der Waals surface area contributed by atoms with Gasteiger partial charge in [-0.2, -0.15) is 132 Å². The van der Waals surface area contributed by atoms with Crippen molar-refractivity contribution in [2.45, 2.75) is 56.0 Å². The van der Waals surface area contributed by atoms with Crippen LogP contribution >= 0.6 is 15.9 Å². The minimum Gasteiger partial charge on any atom is -0.194 e. The van der Waals surface area contributed by atoms with Gasteiger partial charge in [-0.05, 0) is 36.4 Å². The molecule has 0 N–H and O–H groups in total. The molecule has 0 radical (unpaired) electrons. The van der Waals surface area contributed by atoms with E-state index in [1.54, 1.807) is 0 Å². The van der Waals surface area contributed by atoms with E-state index in [1.165, 1.54) is 16.5 Å². The molecule has 1 nitrogen and oxygen atoms in total. The number of alkyl halides is 24. The lowest BCUT2D eigenvalue weighted by molar-refractivity contribution is -0.673. The highest BCUT2D eigenvalue weighted by Gasteiger charge is 2.47. The van der Waals surface area contributed by atoms with Gasteiger partial charge in [0.2, 0.25) is 10.1 Å². The van der Waals surface area contributed by atoms with Crippen molar-refractivity contribution in [1.82, 2.24) is 0 Å². The molecule has 0 bridgehead atoms. The van der Waals surface area contributed by atoms with Gasteiger partial charge in [0.1, 0.15) is 6.15 Å². The van der Waals surface area contributed by atoms with Crippen LogP contribution in [0.3, 0.4) is 0 Å². The van der Waals surface area contributed by atoms with Crippen molar-refractivity contribution in [3.8, 4) is 0 Å². The van der Waals surface area contributed by atoms with Gasteiger partial charge < -0.3 is 0 Å². The number of halogens is 25. The molecule has 27 heteroatoms. The molecule has 0 unspecified atom stereocenters. The molecule has 0 fully saturated rings. The number of aromatic nitrogens is 1. The zero-order chi connectivity index (χ0) is 56.3. The largest absolute Gasteiger partial charge is 0.416 e. The molecular weight excluding hydrogens is 1140 g/mol. The van der Waals surface area contributed by atoms with Crippen molar-refractivity contribution in [2.75, 3.05) is 0 Å². The normalized spacial score (nSPS) is 13.5. The van der Waals surface area contributed by atoms with Crippen LogP contribution in [0.2, 0.25) is 0 Å². The first-order chi connectivity index (χ1) is 34.1. The Labute approximate surface area is 414 Å². The average Bonchev–Trinajstić information content (AvgIpc) is 3.28. The number of benzene rings is 6. The Hall–Kier alpha value is -6.41. The van der Waals surface area contributed by atoms with Crippen molar-refractivity contribution >= 4 is 54.8 Å². The number of nitrogens with zero attached hydrogens (tertiary/aromatic N) is 1. The zero-order valence-corrected chi connectivity index (χ0v) is 38.0. The summed E-state index contributed by atoms with van der Waals surface area (Å²) in [5.41, 5.74) is -27.7. The Morgan fingerprint density at radius 2 is 0.560 bits per heavy atom. The molecule has 1 aromatic heterocycles. The van der Waals surface area contributed by atoms with E-state index in [1.807, 2.05) is 6.07 Å². The number of para-hydroxylation sites is 1. The summed E-state index contributed by atoms with van der Waals surface area (Å²) >= 11 is 3.64. The third-order valence-corrected chi connectivity index (χ3v) is 12.2. The maximum Gasteiger partial charge on any atom is 0.416 e. The third-order valence-electron chi connectivity index (χ3n) is 11.5. The Bertz CT molecular complexity index is 2760. The molecule has 0 spiro atoms. The van der Waals surface area contributed by atoms with Gasteiger partial charge in [0.25, 0.3) is 0 Å². The lowest BCUT2D eigenvalue weighted by atomic mass is 9.12. The first kappa shape index (κ1) is 57.9. The predicted molar refractivity (Wildman–Crippen MR) is 227 cm³/mol. The highest BCUT2D eigenvalue weighted by molar-refractivity contribution is 9.10. The molecule has 6 aromatic carbocycles. The molecule has 75 heavy (non-hydrogen) atoms. The van der Waals surface area contributed by atoms with Gasteiger partial charge >= 0.3 is 49.4 Å². The van der Waals surface area contributed by atoms with Crippen LogP contribution in [-0.2, 0) is 56.0 Å². The summed E-state index contributed by atoms with van der Waals surface area (Å²) in [6.07, 6.45) is -54.8. The van der Waals surface area contributed by atoms with Gasteiger partial charge in [0.15, 0.2) is 6.54 Å². The molecule has 0 amide bonds. The van der Waals surface area contributed by atoms with E-state index in [2.05, 4.69) is 81.2 Å². The van der Waals surface area contributed by atoms with Crippen LogP contribution in [0.25, 0.3) is 10.9 Å². The van der Waals surface area contributed by atoms with Crippen LogP contribution in [0.1, 0.15) is 50.1 Å². The van der Waals surface area contributed by atoms with Crippen LogP contribution in [0, 0.1) is 0 Å². The molecule has 0 aliphatic carbocycles. The molecule has 0 aliphatic rings. The van der Waals surface area contributed by atoms with Crippen LogP contribution in [0.5, 0.6) is 0 Å². The molecule has 0 aliphatic heterocycles. The van der Waals surface area contributed by atoms with E-state index in [-0.39, 0.29) is 0 Å². The maximum absolute atomic E-state index is 14.2. The second-order valence-corrected chi connectivity index (χ2v) is 17.3. The van der Waals surface area contributed by atoms with E-state index >= 15 is 0 Å². The minimum atomic E-state index is -6.13. The van der Waals surface area contributed by atoms with Crippen LogP contribution in [0.15, 0.2) is 144 Å². The second-order valence-electron chi connectivity index (χ2n) is 16.5. The van der Waals surface area contributed by atoms with Crippen molar-refractivity contribution in [3.63, 3.8) is 0 Å². The summed E-state index contributed by atoms with van der Waals surface area (Å²) in [4.78, 5) is 0. The van der Waals surface area contributed by atoms with Crippen LogP contribution in [0.4, 0.5) is 105 Å². The summed E-state index contributed by atoms with van der Waals surface area (Å²) in [5, 5.41) is 1.26. The van der Waals surface area contributed by atoms with E-state index in [4.69, 9.17) is 0 Å². The van der Waals surface area contributed by atoms with Gasteiger partial charge in [-0.3, -0.25) is 0 Å². The highest BCUT2D eigenvalue weighted by atomic mass is 79.9.